The average Bonchev–Trinajstić information content (AvgIpc) is 1.88. The van der Waals surface area contributed by atoms with Gasteiger partial charge in [0.2, 0.25) is 0 Å². The first-order valence-electron chi connectivity index (χ1n) is 2.63. The molecule has 0 atom stereocenters. The van der Waals surface area contributed by atoms with Gasteiger partial charge < -0.3 is 14.4 Å². The van der Waals surface area contributed by atoms with E-state index < -0.39 is 7.91 Å². The van der Waals surface area contributed by atoms with Gasteiger partial charge in [-0.2, -0.15) is 36.4 Å². The van der Waals surface area contributed by atoms with Crippen molar-refractivity contribution >= 4 is 7.91 Å². The van der Waals surface area contributed by atoms with Crippen molar-refractivity contribution in [1.82, 2.24) is 0 Å². The first kappa shape index (κ1) is 14.3. The summed E-state index contributed by atoms with van der Waals surface area (Å²) in [5, 5.41) is 0. The molecule has 1 aromatic carbocycles. The third-order valence-corrected chi connectivity index (χ3v) is 0.607. The summed E-state index contributed by atoms with van der Waals surface area (Å²) in [7, 11) is -5.64. The van der Waals surface area contributed by atoms with Gasteiger partial charge in [0.05, 0.1) is 0 Å². The zero-order valence-corrected chi connectivity index (χ0v) is 7.57. The van der Waals surface area contributed by atoms with Crippen molar-refractivity contribution < 1.29 is 35.6 Å². The fourth-order valence-corrected chi connectivity index (χ4v) is 0.342. The van der Waals surface area contributed by atoms with E-state index in [9.17, 15) is 4.20 Å². The summed E-state index contributed by atoms with van der Waals surface area (Å²) in [5.41, 5.74) is 0. The van der Waals surface area contributed by atoms with E-state index in [0.29, 0.717) is 0 Å². The van der Waals surface area contributed by atoms with Gasteiger partial charge in [-0.25, -0.2) is 4.20 Å². The number of rotatable bonds is 0. The summed E-state index contributed by atoms with van der Waals surface area (Å²) in [5.74, 6) is 0. The van der Waals surface area contributed by atoms with Crippen molar-refractivity contribution in [3.05, 3.63) is 36.4 Å². The Morgan fingerprint density at radius 1 is 1.17 bits per heavy atom. The SMILES string of the molecule is O=P([O-])([O-])F.[Cu+2].[c-]1ccccc1. The second-order valence-electron chi connectivity index (χ2n) is 1.51. The number of hydrogen-bond acceptors (Lipinski definition) is 3. The molecule has 0 spiro atoms. The van der Waals surface area contributed by atoms with Gasteiger partial charge in [-0.3, -0.25) is 0 Å². The third-order valence-electron chi connectivity index (χ3n) is 0.607. The maximum atomic E-state index is 10.1. The van der Waals surface area contributed by atoms with Crippen LogP contribution in [0.5, 0.6) is 0 Å². The average molecular weight is 239 g/mol. The minimum absolute atomic E-state index is 0. The number of benzene rings is 1. The van der Waals surface area contributed by atoms with E-state index in [4.69, 9.17) is 14.4 Å². The molecular weight excluding hydrogens is 234 g/mol. The van der Waals surface area contributed by atoms with Crippen molar-refractivity contribution in [2.75, 3.05) is 0 Å². The van der Waals surface area contributed by atoms with E-state index in [-0.39, 0.29) is 17.1 Å². The van der Waals surface area contributed by atoms with E-state index >= 15 is 0 Å². The van der Waals surface area contributed by atoms with Crippen LogP contribution in [0, 0.1) is 6.07 Å². The van der Waals surface area contributed by atoms with Gasteiger partial charge in [0.15, 0.2) is 0 Å². The van der Waals surface area contributed by atoms with Crippen molar-refractivity contribution in [3.63, 3.8) is 0 Å². The van der Waals surface area contributed by atoms with Crippen LogP contribution in [0.2, 0.25) is 0 Å². The predicted molar refractivity (Wildman–Crippen MR) is 34.0 cm³/mol. The van der Waals surface area contributed by atoms with Crippen molar-refractivity contribution in [1.29, 1.82) is 0 Å². The third kappa shape index (κ3) is 22.6. The first-order chi connectivity index (χ1) is 5.00. The van der Waals surface area contributed by atoms with Crippen molar-refractivity contribution in [3.8, 4) is 0 Å². The predicted octanol–water partition coefficient (Wildman–Crippen LogP) is 0.269. The molecule has 71 valence electrons. The fraction of sp³-hybridized carbons (Fsp3) is 0. The molecule has 3 nitrogen and oxygen atoms in total. The summed E-state index contributed by atoms with van der Waals surface area (Å²) in [6.07, 6.45) is 0. The Labute approximate surface area is 80.4 Å². The van der Waals surface area contributed by atoms with Crippen LogP contribution in [-0.4, -0.2) is 0 Å². The Kier molecular flexibility index (Phi) is 8.93. The largest absolute Gasteiger partial charge is 2.00 e. The molecule has 0 heterocycles. The first-order valence-corrected chi connectivity index (χ1v) is 4.06. The molecule has 1 aromatic rings. The molecule has 0 aromatic heterocycles. The van der Waals surface area contributed by atoms with Crippen molar-refractivity contribution in [2.24, 2.45) is 0 Å². The van der Waals surface area contributed by atoms with Gasteiger partial charge in [0, 0.05) is 0 Å². The van der Waals surface area contributed by atoms with E-state index in [0.717, 1.165) is 0 Å². The molecule has 1 rings (SSSR count). The maximum Gasteiger partial charge on any atom is 2.00 e. The van der Waals surface area contributed by atoms with E-state index in [2.05, 4.69) is 6.07 Å². The molecule has 1 radical (unpaired) electrons. The van der Waals surface area contributed by atoms with Crippen molar-refractivity contribution in [2.45, 2.75) is 0 Å². The molecular formula is C6H5CuFO3P-. The fourth-order valence-electron chi connectivity index (χ4n) is 0.342. The van der Waals surface area contributed by atoms with E-state index in [1.165, 1.54) is 0 Å². The van der Waals surface area contributed by atoms with Crippen LogP contribution < -0.4 is 9.79 Å². The molecule has 0 amide bonds. The zero-order valence-electron chi connectivity index (χ0n) is 5.74. The Balaban J connectivity index is 0. The van der Waals surface area contributed by atoms with Gasteiger partial charge in [0.25, 0.3) is 0 Å². The van der Waals surface area contributed by atoms with Gasteiger partial charge in [0.1, 0.15) is 7.91 Å². The monoisotopic (exact) mass is 238 g/mol. The zero-order chi connectivity index (χ0) is 8.74. The smallest absolute Gasteiger partial charge is 0.786 e. The van der Waals surface area contributed by atoms with Gasteiger partial charge in [-0.05, 0) is 0 Å². The quantitative estimate of drug-likeness (QED) is 0.370. The normalized spacial score (nSPS) is 8.92. The van der Waals surface area contributed by atoms with Crippen LogP contribution in [0.15, 0.2) is 30.3 Å². The molecule has 0 saturated heterocycles. The molecule has 0 N–H and O–H groups in total. The number of halogens is 1. The van der Waals surface area contributed by atoms with E-state index in [1.807, 2.05) is 30.3 Å². The second kappa shape index (κ2) is 7.47. The van der Waals surface area contributed by atoms with Gasteiger partial charge >= 0.3 is 17.1 Å². The Hall–Kier alpha value is -0.181. The Morgan fingerprint density at radius 2 is 1.50 bits per heavy atom. The molecule has 0 bridgehead atoms. The maximum absolute atomic E-state index is 10.1. The summed E-state index contributed by atoms with van der Waals surface area (Å²) in [6, 6.07) is 12.5. The number of hydrogen-bond donors (Lipinski definition) is 0. The summed E-state index contributed by atoms with van der Waals surface area (Å²) < 4.78 is 18.6. The molecule has 0 aliphatic heterocycles. The standard InChI is InChI=1S/C6H5.Cu.FH2O3P/c1-2-4-6-5-3-1;;1-5(2,3)4/h1-5H;;(H2,2,3,4)/q-1;+2;/p-2. The van der Waals surface area contributed by atoms with Crippen LogP contribution >= 0.6 is 7.91 Å². The minimum atomic E-state index is -5.64. The molecule has 0 aliphatic rings. The molecule has 0 saturated carbocycles. The van der Waals surface area contributed by atoms with Crippen LogP contribution in [-0.2, 0) is 21.6 Å². The molecule has 0 fully saturated rings. The molecule has 6 heteroatoms. The molecule has 0 aliphatic carbocycles. The second-order valence-corrected chi connectivity index (χ2v) is 2.37. The Bertz CT molecular complexity index is 191. The van der Waals surface area contributed by atoms with E-state index in [1.54, 1.807) is 0 Å². The summed E-state index contributed by atoms with van der Waals surface area (Å²) in [6.45, 7) is 0. The van der Waals surface area contributed by atoms with Gasteiger partial charge in [-0.15, -0.1) is 0 Å². The molecule has 12 heavy (non-hydrogen) atoms. The van der Waals surface area contributed by atoms with Crippen LogP contribution in [0.4, 0.5) is 4.20 Å². The van der Waals surface area contributed by atoms with Gasteiger partial charge in [-0.1, -0.05) is 0 Å². The van der Waals surface area contributed by atoms with Crippen LogP contribution in [0.1, 0.15) is 0 Å². The minimum Gasteiger partial charge on any atom is -0.786 e. The van der Waals surface area contributed by atoms with Crippen LogP contribution in [0.25, 0.3) is 0 Å². The van der Waals surface area contributed by atoms with Crippen LogP contribution in [0.3, 0.4) is 0 Å². The summed E-state index contributed by atoms with van der Waals surface area (Å²) >= 11 is 0. The molecule has 0 unspecified atom stereocenters. The summed E-state index contributed by atoms with van der Waals surface area (Å²) in [4.78, 5) is 16.9. The topological polar surface area (TPSA) is 63.2 Å². The Morgan fingerprint density at radius 3 is 1.58 bits per heavy atom.